The van der Waals surface area contributed by atoms with Crippen molar-refractivity contribution in [2.75, 3.05) is 34.9 Å². The largest absolute Gasteiger partial charge is 0.493 e. The molecule has 6 nitrogen and oxygen atoms in total. The lowest BCUT2D eigenvalue weighted by atomic mass is 10.1. The summed E-state index contributed by atoms with van der Waals surface area (Å²) in [6.07, 6.45) is 0.970. The highest BCUT2D eigenvalue weighted by atomic mass is 127. The number of aliphatic imine (C=N–C) groups is 1. The molecule has 1 aromatic heterocycles. The molecule has 26 heavy (non-hydrogen) atoms. The number of guanidine groups is 1. The Morgan fingerprint density at radius 1 is 1.04 bits per heavy atom. The number of thiophene rings is 1. The molecule has 2 aromatic rings. The van der Waals surface area contributed by atoms with Crippen molar-refractivity contribution in [3.63, 3.8) is 0 Å². The first-order valence-electron chi connectivity index (χ1n) is 7.98. The number of benzene rings is 1. The van der Waals surface area contributed by atoms with Crippen molar-refractivity contribution in [3.05, 3.63) is 40.1 Å². The SMILES string of the molecule is CN=C(NCCc1cccs1)NCc1ccc(OC)c(OC)c1OC.I. The number of hydrogen-bond acceptors (Lipinski definition) is 5. The highest BCUT2D eigenvalue weighted by molar-refractivity contribution is 14.0. The molecule has 0 aliphatic carbocycles. The minimum atomic E-state index is 0. The van der Waals surface area contributed by atoms with Crippen molar-refractivity contribution in [2.45, 2.75) is 13.0 Å². The van der Waals surface area contributed by atoms with Gasteiger partial charge in [0.1, 0.15) is 0 Å². The first kappa shape index (κ1) is 22.4. The molecule has 0 amide bonds. The zero-order valence-corrected chi connectivity index (χ0v) is 18.6. The van der Waals surface area contributed by atoms with Gasteiger partial charge in [-0.3, -0.25) is 4.99 Å². The first-order chi connectivity index (χ1) is 12.2. The number of halogens is 1. The van der Waals surface area contributed by atoms with E-state index in [-0.39, 0.29) is 24.0 Å². The zero-order chi connectivity index (χ0) is 18.1. The standard InChI is InChI=1S/C18H25N3O3S.HI/c1-19-18(20-10-9-14-6-5-11-25-14)21-12-13-7-8-15(22-2)17(24-4)16(13)23-3;/h5-8,11H,9-10,12H2,1-4H3,(H2,19,20,21);1H. The summed E-state index contributed by atoms with van der Waals surface area (Å²) in [5.41, 5.74) is 0.960. The Kier molecular flexibility index (Phi) is 10.2. The van der Waals surface area contributed by atoms with Crippen LogP contribution in [0, 0.1) is 0 Å². The van der Waals surface area contributed by atoms with Gasteiger partial charge >= 0.3 is 0 Å². The van der Waals surface area contributed by atoms with Crippen LogP contribution in [0.15, 0.2) is 34.6 Å². The smallest absolute Gasteiger partial charge is 0.203 e. The Bertz CT molecular complexity index is 693. The minimum absolute atomic E-state index is 0. The van der Waals surface area contributed by atoms with E-state index in [9.17, 15) is 0 Å². The van der Waals surface area contributed by atoms with Gasteiger partial charge in [0.2, 0.25) is 5.75 Å². The third-order valence-electron chi connectivity index (χ3n) is 3.70. The Balaban J connectivity index is 0.00000338. The molecule has 1 aromatic carbocycles. The first-order valence-corrected chi connectivity index (χ1v) is 8.86. The van der Waals surface area contributed by atoms with Crippen LogP contribution in [0.2, 0.25) is 0 Å². The normalized spacial score (nSPS) is 10.7. The maximum atomic E-state index is 5.50. The average molecular weight is 491 g/mol. The third kappa shape index (κ3) is 5.94. The summed E-state index contributed by atoms with van der Waals surface area (Å²) in [5, 5.41) is 8.70. The van der Waals surface area contributed by atoms with Crippen LogP contribution < -0.4 is 24.8 Å². The molecule has 0 aliphatic heterocycles. The predicted molar refractivity (Wildman–Crippen MR) is 118 cm³/mol. The van der Waals surface area contributed by atoms with Gasteiger partial charge in [-0.1, -0.05) is 6.07 Å². The highest BCUT2D eigenvalue weighted by Gasteiger charge is 2.15. The average Bonchev–Trinajstić information content (AvgIpc) is 3.16. The Hall–Kier alpha value is -1.68. The number of hydrogen-bond donors (Lipinski definition) is 2. The fraction of sp³-hybridized carbons (Fsp3) is 0.389. The summed E-state index contributed by atoms with van der Waals surface area (Å²) in [4.78, 5) is 5.61. The van der Waals surface area contributed by atoms with Crippen molar-refractivity contribution in [3.8, 4) is 17.2 Å². The van der Waals surface area contributed by atoms with Gasteiger partial charge in [0, 0.05) is 30.6 Å². The molecule has 0 spiro atoms. The van der Waals surface area contributed by atoms with Crippen LogP contribution in [-0.4, -0.2) is 40.9 Å². The van der Waals surface area contributed by atoms with Gasteiger partial charge in [-0.25, -0.2) is 0 Å². The summed E-state index contributed by atoms with van der Waals surface area (Å²) < 4.78 is 16.2. The van der Waals surface area contributed by atoms with E-state index in [2.05, 4.69) is 33.1 Å². The van der Waals surface area contributed by atoms with E-state index >= 15 is 0 Å². The molecule has 0 fully saturated rings. The van der Waals surface area contributed by atoms with E-state index in [1.165, 1.54) is 4.88 Å². The number of ether oxygens (including phenoxy) is 3. The van der Waals surface area contributed by atoms with Gasteiger partial charge in [-0.2, -0.15) is 0 Å². The number of methoxy groups -OCH3 is 3. The lowest BCUT2D eigenvalue weighted by molar-refractivity contribution is 0.322. The Morgan fingerprint density at radius 3 is 2.38 bits per heavy atom. The number of nitrogens with zero attached hydrogens (tertiary/aromatic N) is 1. The molecule has 0 unspecified atom stereocenters. The fourth-order valence-electron chi connectivity index (χ4n) is 2.46. The number of rotatable bonds is 8. The van der Waals surface area contributed by atoms with Crippen LogP contribution in [0.3, 0.4) is 0 Å². The van der Waals surface area contributed by atoms with Gasteiger partial charge in [0.25, 0.3) is 0 Å². The van der Waals surface area contributed by atoms with Crippen LogP contribution in [0.5, 0.6) is 17.2 Å². The molecule has 1 heterocycles. The fourth-order valence-corrected chi connectivity index (χ4v) is 3.17. The Morgan fingerprint density at radius 2 is 1.81 bits per heavy atom. The van der Waals surface area contributed by atoms with E-state index in [1.54, 1.807) is 39.7 Å². The maximum absolute atomic E-state index is 5.50. The summed E-state index contributed by atoms with van der Waals surface area (Å²) in [5.74, 6) is 2.63. The summed E-state index contributed by atoms with van der Waals surface area (Å²) in [6.45, 7) is 1.38. The molecule has 0 bridgehead atoms. The topological polar surface area (TPSA) is 64.1 Å². The molecule has 0 atom stereocenters. The molecule has 8 heteroatoms. The molecule has 0 saturated heterocycles. The van der Waals surface area contributed by atoms with Crippen molar-refractivity contribution < 1.29 is 14.2 Å². The lowest BCUT2D eigenvalue weighted by Gasteiger charge is -2.17. The van der Waals surface area contributed by atoms with Crippen LogP contribution in [-0.2, 0) is 13.0 Å². The second kappa shape index (κ2) is 11.8. The van der Waals surface area contributed by atoms with Crippen LogP contribution in [0.1, 0.15) is 10.4 Å². The second-order valence-electron chi connectivity index (χ2n) is 5.18. The van der Waals surface area contributed by atoms with E-state index < -0.39 is 0 Å². The van der Waals surface area contributed by atoms with Gasteiger partial charge in [0.15, 0.2) is 17.5 Å². The highest BCUT2D eigenvalue weighted by Crippen LogP contribution is 2.39. The molecule has 144 valence electrons. The molecule has 2 N–H and O–H groups in total. The maximum Gasteiger partial charge on any atom is 0.203 e. The second-order valence-corrected chi connectivity index (χ2v) is 6.21. The molecule has 0 aliphatic rings. The van der Waals surface area contributed by atoms with Crippen molar-refractivity contribution in [1.82, 2.24) is 10.6 Å². The van der Waals surface area contributed by atoms with Crippen molar-refractivity contribution >= 4 is 41.3 Å². The summed E-state index contributed by atoms with van der Waals surface area (Å²) in [6, 6.07) is 8.02. The summed E-state index contributed by atoms with van der Waals surface area (Å²) >= 11 is 1.76. The Labute approximate surface area is 176 Å². The van der Waals surface area contributed by atoms with Crippen LogP contribution in [0.25, 0.3) is 0 Å². The monoisotopic (exact) mass is 491 g/mol. The quantitative estimate of drug-likeness (QED) is 0.337. The third-order valence-corrected chi connectivity index (χ3v) is 4.64. The van der Waals surface area contributed by atoms with Gasteiger partial charge < -0.3 is 24.8 Å². The van der Waals surface area contributed by atoms with Crippen LogP contribution >= 0.6 is 35.3 Å². The van der Waals surface area contributed by atoms with Crippen molar-refractivity contribution in [2.24, 2.45) is 4.99 Å². The molecular weight excluding hydrogens is 465 g/mol. The molecule has 2 rings (SSSR count). The van der Waals surface area contributed by atoms with Crippen LogP contribution in [0.4, 0.5) is 0 Å². The minimum Gasteiger partial charge on any atom is -0.493 e. The van der Waals surface area contributed by atoms with Gasteiger partial charge in [-0.15, -0.1) is 35.3 Å². The summed E-state index contributed by atoms with van der Waals surface area (Å²) in [7, 11) is 6.58. The van der Waals surface area contributed by atoms with Gasteiger partial charge in [-0.05, 0) is 30.0 Å². The van der Waals surface area contributed by atoms with Gasteiger partial charge in [0.05, 0.1) is 21.3 Å². The van der Waals surface area contributed by atoms with Crippen molar-refractivity contribution in [1.29, 1.82) is 0 Å². The molecular formula is C18H26IN3O3S. The molecule has 0 radical (unpaired) electrons. The zero-order valence-electron chi connectivity index (χ0n) is 15.5. The van der Waals surface area contributed by atoms with E-state index in [4.69, 9.17) is 14.2 Å². The lowest BCUT2D eigenvalue weighted by Crippen LogP contribution is -2.37. The number of nitrogens with one attached hydrogen (secondary N) is 2. The van der Waals surface area contributed by atoms with E-state index in [0.29, 0.717) is 23.8 Å². The predicted octanol–water partition coefficient (Wildman–Crippen LogP) is 3.30. The van der Waals surface area contributed by atoms with E-state index in [0.717, 1.165) is 24.5 Å². The van der Waals surface area contributed by atoms with E-state index in [1.807, 2.05) is 12.1 Å². The molecule has 0 saturated carbocycles.